The molecule has 0 radical (unpaired) electrons. The van der Waals surface area contributed by atoms with E-state index >= 15 is 0 Å². The third-order valence-electron chi connectivity index (χ3n) is 4.06. The Morgan fingerprint density at radius 1 is 1.24 bits per heavy atom. The Balaban J connectivity index is 1.50. The molecule has 0 fully saturated rings. The first-order chi connectivity index (χ1) is 14.0. The van der Waals surface area contributed by atoms with E-state index < -0.39 is 0 Å². The lowest BCUT2D eigenvalue weighted by Gasteiger charge is -2.12. The highest BCUT2D eigenvalue weighted by Gasteiger charge is 2.10. The summed E-state index contributed by atoms with van der Waals surface area (Å²) in [6, 6.07) is 12.1. The predicted octanol–water partition coefficient (Wildman–Crippen LogP) is 3.52. The molecule has 0 spiro atoms. The number of aromatic nitrogens is 4. The van der Waals surface area contributed by atoms with Crippen molar-refractivity contribution in [1.29, 1.82) is 0 Å². The van der Waals surface area contributed by atoms with Gasteiger partial charge in [0, 0.05) is 10.7 Å². The van der Waals surface area contributed by atoms with Crippen molar-refractivity contribution >= 4 is 49.5 Å². The largest absolute Gasteiger partial charge is 0.508 e. The number of halogens is 1. The van der Waals surface area contributed by atoms with Gasteiger partial charge in [0.2, 0.25) is 5.13 Å². The zero-order valence-corrected chi connectivity index (χ0v) is 17.6. The fourth-order valence-corrected chi connectivity index (χ4v) is 3.64. The third-order valence-corrected chi connectivity index (χ3v) is 5.38. The number of nitrogens with one attached hydrogen (secondary N) is 1. The van der Waals surface area contributed by atoms with Crippen molar-refractivity contribution < 1.29 is 5.11 Å². The molecule has 0 amide bonds. The topological polar surface area (TPSA) is 105 Å². The molecule has 4 rings (SSSR count). The van der Waals surface area contributed by atoms with Crippen molar-refractivity contribution in [1.82, 2.24) is 19.9 Å². The van der Waals surface area contributed by atoms with Gasteiger partial charge in [0.25, 0.3) is 5.56 Å². The van der Waals surface area contributed by atoms with Crippen LogP contribution in [0.25, 0.3) is 10.9 Å². The van der Waals surface area contributed by atoms with Crippen molar-refractivity contribution in [3.05, 3.63) is 73.7 Å². The summed E-state index contributed by atoms with van der Waals surface area (Å²) in [4.78, 5) is 21.5. The lowest BCUT2D eigenvalue weighted by atomic mass is 10.2. The van der Waals surface area contributed by atoms with Crippen LogP contribution in [0.4, 0.5) is 5.13 Å². The maximum absolute atomic E-state index is 12.8. The summed E-state index contributed by atoms with van der Waals surface area (Å²) >= 11 is 4.70. The second-order valence-electron chi connectivity index (χ2n) is 6.12. The van der Waals surface area contributed by atoms with E-state index in [0.29, 0.717) is 33.4 Å². The summed E-state index contributed by atoms with van der Waals surface area (Å²) in [7, 11) is 0. The number of aryl methyl sites for hydroxylation is 1. The van der Waals surface area contributed by atoms with Crippen molar-refractivity contribution in [3.63, 3.8) is 0 Å². The highest BCUT2D eigenvalue weighted by Crippen LogP contribution is 2.19. The van der Waals surface area contributed by atoms with E-state index in [4.69, 9.17) is 0 Å². The molecule has 0 bridgehead atoms. The molecule has 0 atom stereocenters. The van der Waals surface area contributed by atoms with Gasteiger partial charge in [-0.1, -0.05) is 27.3 Å². The average Bonchev–Trinajstić information content (AvgIpc) is 3.16. The highest BCUT2D eigenvalue weighted by molar-refractivity contribution is 9.10. The van der Waals surface area contributed by atoms with E-state index in [2.05, 4.69) is 41.5 Å². The minimum absolute atomic E-state index is 0.177. The van der Waals surface area contributed by atoms with Crippen LogP contribution in [0.1, 0.15) is 16.4 Å². The molecule has 146 valence electrons. The molecule has 29 heavy (non-hydrogen) atoms. The molecule has 0 aliphatic rings. The zero-order valence-electron chi connectivity index (χ0n) is 15.2. The van der Waals surface area contributed by atoms with E-state index in [1.54, 1.807) is 49.5 Å². The number of phenolic OH excluding ortho intramolecular Hbond substituents is 1. The quantitative estimate of drug-likeness (QED) is 0.432. The summed E-state index contributed by atoms with van der Waals surface area (Å²) in [5, 5.41) is 19.2. The molecular weight excluding hydrogens is 456 g/mol. The fourth-order valence-electron chi connectivity index (χ4n) is 2.66. The molecule has 0 aliphatic heterocycles. The van der Waals surface area contributed by atoms with Crippen LogP contribution in [0.15, 0.2) is 56.7 Å². The first-order valence-electron chi connectivity index (χ1n) is 8.58. The number of aliphatic imine (C=N–C) groups is 1. The lowest BCUT2D eigenvalue weighted by molar-refractivity contribution is 0.475. The Morgan fingerprint density at radius 3 is 2.83 bits per heavy atom. The van der Waals surface area contributed by atoms with Gasteiger partial charge in [-0.15, -0.1) is 10.2 Å². The minimum Gasteiger partial charge on any atom is -0.508 e. The summed E-state index contributed by atoms with van der Waals surface area (Å²) in [6.07, 6.45) is 1.65. The summed E-state index contributed by atoms with van der Waals surface area (Å²) < 4.78 is 2.23. The molecule has 0 aliphatic carbocycles. The van der Waals surface area contributed by atoms with Gasteiger partial charge in [-0.25, -0.2) is 14.7 Å². The van der Waals surface area contributed by atoms with Gasteiger partial charge in [-0.3, -0.25) is 4.79 Å². The smallest absolute Gasteiger partial charge is 0.279 e. The van der Waals surface area contributed by atoms with Gasteiger partial charge in [0.1, 0.15) is 16.6 Å². The number of benzene rings is 2. The predicted molar refractivity (Wildman–Crippen MR) is 117 cm³/mol. The first kappa shape index (κ1) is 19.2. The number of phenols is 1. The number of nitrogens with zero attached hydrogens (tertiary/aromatic N) is 5. The molecular formula is C19H15BrN6O2S. The normalized spacial score (nSPS) is 11.4. The summed E-state index contributed by atoms with van der Waals surface area (Å²) in [5.41, 5.74) is 4.37. The molecule has 2 aromatic heterocycles. The van der Waals surface area contributed by atoms with E-state index in [0.717, 1.165) is 10.0 Å². The van der Waals surface area contributed by atoms with Crippen molar-refractivity contribution in [3.8, 4) is 5.75 Å². The Morgan fingerprint density at radius 2 is 2.03 bits per heavy atom. The Labute approximate surface area is 177 Å². The Kier molecular flexibility index (Phi) is 5.36. The lowest BCUT2D eigenvalue weighted by Crippen LogP contribution is -2.31. The number of hydrogen-bond acceptors (Lipinski definition) is 8. The monoisotopic (exact) mass is 470 g/mol. The second kappa shape index (κ2) is 8.10. The fraction of sp³-hybridized carbons (Fsp3) is 0.105. The number of rotatable bonds is 5. The Hall–Kier alpha value is -3.11. The van der Waals surface area contributed by atoms with Crippen molar-refractivity contribution in [2.24, 2.45) is 4.99 Å². The van der Waals surface area contributed by atoms with E-state index in [1.165, 1.54) is 16.0 Å². The molecule has 2 heterocycles. The van der Waals surface area contributed by atoms with E-state index in [1.807, 2.05) is 6.07 Å². The van der Waals surface area contributed by atoms with Crippen molar-refractivity contribution in [2.45, 2.75) is 13.5 Å². The van der Waals surface area contributed by atoms with Crippen LogP contribution >= 0.6 is 27.3 Å². The first-order valence-corrected chi connectivity index (χ1v) is 10.2. The average molecular weight is 471 g/mol. The van der Waals surface area contributed by atoms with Crippen LogP contribution in [0.2, 0.25) is 0 Å². The van der Waals surface area contributed by atoms with Gasteiger partial charge >= 0.3 is 0 Å². The summed E-state index contributed by atoms with van der Waals surface area (Å²) in [5.74, 6) is 0.757. The van der Waals surface area contributed by atoms with Crippen LogP contribution < -0.4 is 11.0 Å². The molecule has 2 N–H and O–H groups in total. The maximum Gasteiger partial charge on any atom is 0.279 e. The standard InChI is InChI=1S/C19H15BrN6O2S/c1-11-23-16-7-4-13(20)8-15(16)18(28)26(11)22-10-17-24-25-19(29-17)21-9-12-2-5-14(27)6-3-12/h2-9,22,27H,10H2,1H3. The second-order valence-corrected chi connectivity index (χ2v) is 8.08. The van der Waals surface area contributed by atoms with Crippen LogP contribution in [0.5, 0.6) is 5.75 Å². The van der Waals surface area contributed by atoms with Crippen molar-refractivity contribution in [2.75, 3.05) is 5.43 Å². The van der Waals surface area contributed by atoms with Gasteiger partial charge in [0.15, 0.2) is 0 Å². The number of fused-ring (bicyclic) bond motifs is 1. The maximum atomic E-state index is 12.8. The Bertz CT molecular complexity index is 1270. The van der Waals surface area contributed by atoms with Gasteiger partial charge in [-0.2, -0.15) is 0 Å². The van der Waals surface area contributed by atoms with Crippen LogP contribution in [0.3, 0.4) is 0 Å². The molecule has 0 saturated carbocycles. The molecule has 2 aromatic carbocycles. The molecule has 0 unspecified atom stereocenters. The summed E-state index contributed by atoms with van der Waals surface area (Å²) in [6.45, 7) is 2.08. The SMILES string of the molecule is Cc1nc2ccc(Br)cc2c(=O)n1NCc1nnc(N=Cc2ccc(O)cc2)s1. The minimum atomic E-state index is -0.177. The van der Waals surface area contributed by atoms with Crippen LogP contribution in [-0.4, -0.2) is 31.2 Å². The molecule has 4 aromatic rings. The van der Waals surface area contributed by atoms with E-state index in [9.17, 15) is 9.90 Å². The van der Waals surface area contributed by atoms with Gasteiger partial charge in [-0.05, 0) is 55.0 Å². The molecule has 10 heteroatoms. The van der Waals surface area contributed by atoms with Gasteiger partial charge < -0.3 is 10.5 Å². The zero-order chi connectivity index (χ0) is 20.4. The molecule has 0 saturated heterocycles. The van der Waals surface area contributed by atoms with E-state index in [-0.39, 0.29) is 11.3 Å². The number of hydrogen-bond donors (Lipinski definition) is 2. The van der Waals surface area contributed by atoms with Gasteiger partial charge in [0.05, 0.1) is 17.4 Å². The third kappa shape index (κ3) is 4.33. The highest BCUT2D eigenvalue weighted by atomic mass is 79.9. The van der Waals surface area contributed by atoms with Crippen LogP contribution in [0, 0.1) is 6.92 Å². The molecule has 8 nitrogen and oxygen atoms in total. The van der Waals surface area contributed by atoms with Crippen LogP contribution in [-0.2, 0) is 6.54 Å². The number of aromatic hydroxyl groups is 1.